The number of aromatic amines is 1. The molecule has 2 saturated heterocycles. The number of fused-ring (bicyclic) bond motifs is 1. The predicted molar refractivity (Wildman–Crippen MR) is 90.9 cm³/mol. The van der Waals surface area contributed by atoms with Crippen LogP contribution >= 0.6 is 0 Å². The maximum atomic E-state index is 12.7. The van der Waals surface area contributed by atoms with E-state index < -0.39 is 0 Å². The zero-order chi connectivity index (χ0) is 16.6. The van der Waals surface area contributed by atoms with Gasteiger partial charge in [-0.3, -0.25) is 9.36 Å². The van der Waals surface area contributed by atoms with Gasteiger partial charge in [-0.2, -0.15) is 0 Å². The summed E-state index contributed by atoms with van der Waals surface area (Å²) in [7, 11) is 0. The molecule has 0 saturated carbocycles. The van der Waals surface area contributed by atoms with Crippen LogP contribution < -0.4 is 5.69 Å². The Labute approximate surface area is 140 Å². The van der Waals surface area contributed by atoms with E-state index in [-0.39, 0.29) is 23.7 Å². The Kier molecular flexibility index (Phi) is 3.92. The van der Waals surface area contributed by atoms with Crippen molar-refractivity contribution >= 4 is 16.9 Å². The minimum atomic E-state index is -0.227. The number of para-hydroxylation sites is 2. The number of benzene rings is 1. The highest BCUT2D eigenvalue weighted by Crippen LogP contribution is 2.35. The average molecular weight is 329 g/mol. The third-order valence-corrected chi connectivity index (χ3v) is 5.41. The Morgan fingerprint density at radius 3 is 2.83 bits per heavy atom. The second kappa shape index (κ2) is 6.09. The number of aromatic nitrogens is 2. The van der Waals surface area contributed by atoms with Crippen LogP contribution in [-0.4, -0.2) is 45.7 Å². The summed E-state index contributed by atoms with van der Waals surface area (Å²) in [6.45, 7) is 2.41. The smallest absolute Gasteiger partial charge is 0.326 e. The summed E-state index contributed by atoms with van der Waals surface area (Å²) >= 11 is 0. The monoisotopic (exact) mass is 329 g/mol. The summed E-state index contributed by atoms with van der Waals surface area (Å²) in [6.07, 6.45) is 5.13. The van der Waals surface area contributed by atoms with E-state index in [0.717, 1.165) is 62.8 Å². The van der Waals surface area contributed by atoms with Gasteiger partial charge in [0.1, 0.15) is 6.54 Å². The number of carbonyl (C=O) groups is 1. The Balaban J connectivity index is 1.49. The molecule has 1 atom stereocenters. The van der Waals surface area contributed by atoms with Gasteiger partial charge in [-0.1, -0.05) is 12.1 Å². The van der Waals surface area contributed by atoms with E-state index in [1.807, 2.05) is 29.2 Å². The van der Waals surface area contributed by atoms with Gasteiger partial charge in [0.2, 0.25) is 5.91 Å². The largest absolute Gasteiger partial charge is 0.375 e. The van der Waals surface area contributed by atoms with Crippen LogP contribution in [0.4, 0.5) is 0 Å². The number of ether oxygens (including phenoxy) is 1. The Bertz CT molecular complexity index is 801. The van der Waals surface area contributed by atoms with E-state index in [1.165, 1.54) is 4.57 Å². The van der Waals surface area contributed by atoms with E-state index >= 15 is 0 Å². The third kappa shape index (κ3) is 2.75. The molecule has 6 nitrogen and oxygen atoms in total. The van der Waals surface area contributed by atoms with Crippen LogP contribution in [0.1, 0.15) is 32.1 Å². The average Bonchev–Trinajstić information content (AvgIpc) is 3.08. The highest BCUT2D eigenvalue weighted by Gasteiger charge is 2.37. The van der Waals surface area contributed by atoms with Crippen molar-refractivity contribution in [2.75, 3.05) is 19.7 Å². The van der Waals surface area contributed by atoms with Crippen molar-refractivity contribution < 1.29 is 9.53 Å². The molecular weight excluding hydrogens is 306 g/mol. The molecule has 0 radical (unpaired) electrons. The number of carbonyl (C=O) groups excluding carboxylic acids is 1. The van der Waals surface area contributed by atoms with Gasteiger partial charge >= 0.3 is 5.69 Å². The van der Waals surface area contributed by atoms with Crippen molar-refractivity contribution in [3.05, 3.63) is 34.7 Å². The molecule has 1 amide bonds. The van der Waals surface area contributed by atoms with Crippen molar-refractivity contribution in [3.8, 4) is 0 Å². The van der Waals surface area contributed by atoms with Crippen molar-refractivity contribution in [3.63, 3.8) is 0 Å². The highest BCUT2D eigenvalue weighted by molar-refractivity contribution is 5.80. The lowest BCUT2D eigenvalue weighted by Gasteiger charge is -2.27. The molecular formula is C18H23N3O3. The molecule has 128 valence electrons. The maximum absolute atomic E-state index is 12.7. The molecule has 2 aromatic rings. The first-order valence-electron chi connectivity index (χ1n) is 8.76. The van der Waals surface area contributed by atoms with Gasteiger partial charge in [0.25, 0.3) is 0 Å². The summed E-state index contributed by atoms with van der Waals surface area (Å²) in [4.78, 5) is 29.6. The van der Waals surface area contributed by atoms with Gasteiger partial charge in [-0.15, -0.1) is 0 Å². The SMILES string of the molecule is O=C(Cn1c(=O)[nH]c2ccccc21)N1CCC[C@@]2(CCCO2)CC1. The molecule has 1 aromatic carbocycles. The fourth-order valence-corrected chi connectivity index (χ4v) is 4.07. The second-order valence-corrected chi connectivity index (χ2v) is 6.90. The molecule has 1 spiro atoms. The van der Waals surface area contributed by atoms with Crippen LogP contribution in [0.2, 0.25) is 0 Å². The number of imidazole rings is 1. The number of rotatable bonds is 2. The number of nitrogens with zero attached hydrogens (tertiary/aromatic N) is 2. The molecule has 1 aromatic heterocycles. The standard InChI is InChI=1S/C18H23N3O3/c22-16(13-21-15-6-2-1-5-14(15)19-17(21)23)20-10-3-7-18(9-11-20)8-4-12-24-18/h1-2,5-6H,3-4,7-13H2,(H,19,23)/t18-/m1/s1. The Morgan fingerprint density at radius 2 is 2.00 bits per heavy atom. The predicted octanol–water partition coefficient (Wildman–Crippen LogP) is 1.89. The van der Waals surface area contributed by atoms with Crippen LogP contribution in [0.5, 0.6) is 0 Å². The van der Waals surface area contributed by atoms with E-state index in [4.69, 9.17) is 4.74 Å². The topological polar surface area (TPSA) is 67.3 Å². The van der Waals surface area contributed by atoms with E-state index in [1.54, 1.807) is 0 Å². The van der Waals surface area contributed by atoms with Crippen LogP contribution in [0.25, 0.3) is 11.0 Å². The molecule has 2 fully saturated rings. The molecule has 2 aliphatic heterocycles. The third-order valence-electron chi connectivity index (χ3n) is 5.41. The quantitative estimate of drug-likeness (QED) is 0.915. The van der Waals surface area contributed by atoms with Crippen LogP contribution in [-0.2, 0) is 16.1 Å². The summed E-state index contributed by atoms with van der Waals surface area (Å²) in [5.74, 6) is 0.0110. The van der Waals surface area contributed by atoms with E-state index in [9.17, 15) is 9.59 Å². The number of hydrogen-bond acceptors (Lipinski definition) is 3. The summed E-state index contributed by atoms with van der Waals surface area (Å²) < 4.78 is 7.51. The number of H-pyrrole nitrogens is 1. The molecule has 0 aliphatic carbocycles. The Hall–Kier alpha value is -2.08. The molecule has 4 rings (SSSR count). The number of nitrogens with one attached hydrogen (secondary N) is 1. The van der Waals surface area contributed by atoms with Crippen molar-refractivity contribution in [1.82, 2.24) is 14.5 Å². The Morgan fingerprint density at radius 1 is 1.17 bits per heavy atom. The maximum Gasteiger partial charge on any atom is 0.326 e. The summed E-state index contributed by atoms with van der Waals surface area (Å²) in [5, 5.41) is 0. The molecule has 2 aliphatic rings. The number of amides is 1. The molecule has 6 heteroatoms. The zero-order valence-corrected chi connectivity index (χ0v) is 13.8. The van der Waals surface area contributed by atoms with Crippen molar-refractivity contribution in [2.45, 2.75) is 44.2 Å². The van der Waals surface area contributed by atoms with Crippen molar-refractivity contribution in [1.29, 1.82) is 0 Å². The fraction of sp³-hybridized carbons (Fsp3) is 0.556. The van der Waals surface area contributed by atoms with Gasteiger partial charge in [0, 0.05) is 19.7 Å². The normalized spacial score (nSPS) is 24.6. The minimum Gasteiger partial charge on any atom is -0.375 e. The van der Waals surface area contributed by atoms with Crippen molar-refractivity contribution in [2.24, 2.45) is 0 Å². The first-order valence-corrected chi connectivity index (χ1v) is 8.76. The van der Waals surface area contributed by atoms with E-state index in [0.29, 0.717) is 0 Å². The van der Waals surface area contributed by atoms with Crippen LogP contribution in [0.15, 0.2) is 29.1 Å². The van der Waals surface area contributed by atoms with Crippen LogP contribution in [0.3, 0.4) is 0 Å². The summed E-state index contributed by atoms with van der Waals surface area (Å²) in [5.41, 5.74) is 1.31. The molecule has 1 N–H and O–H groups in total. The molecule has 24 heavy (non-hydrogen) atoms. The molecule has 0 bridgehead atoms. The zero-order valence-electron chi connectivity index (χ0n) is 13.8. The van der Waals surface area contributed by atoms with Gasteiger partial charge < -0.3 is 14.6 Å². The second-order valence-electron chi connectivity index (χ2n) is 6.90. The lowest BCUT2D eigenvalue weighted by atomic mass is 9.92. The highest BCUT2D eigenvalue weighted by atomic mass is 16.5. The van der Waals surface area contributed by atoms with Gasteiger partial charge in [0.05, 0.1) is 16.6 Å². The first-order chi connectivity index (χ1) is 11.7. The lowest BCUT2D eigenvalue weighted by Crippen LogP contribution is -2.37. The van der Waals surface area contributed by atoms with Gasteiger partial charge in [0.15, 0.2) is 0 Å². The van der Waals surface area contributed by atoms with E-state index in [2.05, 4.69) is 4.98 Å². The molecule has 0 unspecified atom stereocenters. The lowest BCUT2D eigenvalue weighted by molar-refractivity contribution is -0.132. The van der Waals surface area contributed by atoms with Gasteiger partial charge in [-0.25, -0.2) is 4.79 Å². The minimum absolute atomic E-state index is 0.00729. The summed E-state index contributed by atoms with van der Waals surface area (Å²) in [6, 6.07) is 7.47. The fourth-order valence-electron chi connectivity index (χ4n) is 4.07. The first kappa shape index (κ1) is 15.4. The number of hydrogen-bond donors (Lipinski definition) is 1. The number of likely N-dealkylation sites (tertiary alicyclic amines) is 1. The van der Waals surface area contributed by atoms with Crippen LogP contribution in [0, 0.1) is 0 Å². The van der Waals surface area contributed by atoms with Gasteiger partial charge in [-0.05, 0) is 44.2 Å². The molecule has 3 heterocycles.